The molecule has 1 aliphatic rings. The molecule has 1 atom stereocenters. The second kappa shape index (κ2) is 7.33. The second-order valence-electron chi connectivity index (χ2n) is 5.97. The fourth-order valence-corrected chi connectivity index (χ4v) is 3.00. The smallest absolute Gasteiger partial charge is 0.319 e. The molecule has 0 radical (unpaired) electrons. The third-order valence-electron chi connectivity index (χ3n) is 3.98. The molecule has 3 amide bonds. The molecule has 0 aliphatic carbocycles. The van der Waals surface area contributed by atoms with Crippen LogP contribution in [0.1, 0.15) is 12.0 Å². The first kappa shape index (κ1) is 17.6. The lowest BCUT2D eigenvalue weighted by atomic mass is 10.2. The highest BCUT2D eigenvalue weighted by Crippen LogP contribution is 2.25. The Morgan fingerprint density at radius 1 is 1.12 bits per heavy atom. The number of urea groups is 1. The molecule has 5 nitrogen and oxygen atoms in total. The minimum Gasteiger partial charge on any atom is -0.333 e. The Morgan fingerprint density at radius 2 is 1.84 bits per heavy atom. The number of rotatable bonds is 3. The molecule has 25 heavy (non-hydrogen) atoms. The van der Waals surface area contributed by atoms with Crippen molar-refractivity contribution in [2.45, 2.75) is 19.4 Å². The number of aryl methyl sites for hydroxylation is 1. The van der Waals surface area contributed by atoms with Crippen molar-refractivity contribution in [3.63, 3.8) is 0 Å². The second-order valence-corrected chi connectivity index (χ2v) is 6.78. The Morgan fingerprint density at radius 3 is 2.52 bits per heavy atom. The maximum atomic E-state index is 12.2. The molecule has 1 aliphatic heterocycles. The van der Waals surface area contributed by atoms with E-state index in [2.05, 4.69) is 10.6 Å². The average molecular weight is 378 g/mol. The van der Waals surface area contributed by atoms with Crippen LogP contribution in [0.15, 0.2) is 42.5 Å². The number of anilines is 2. The number of carbonyl (C=O) groups excluding carboxylic acids is 2. The Balaban J connectivity index is 1.60. The van der Waals surface area contributed by atoms with Gasteiger partial charge in [0.2, 0.25) is 5.91 Å². The summed E-state index contributed by atoms with van der Waals surface area (Å²) in [5.74, 6) is -0.0105. The van der Waals surface area contributed by atoms with Gasteiger partial charge in [-0.2, -0.15) is 0 Å². The molecule has 0 unspecified atom stereocenters. The van der Waals surface area contributed by atoms with E-state index in [9.17, 15) is 9.59 Å². The molecule has 1 fully saturated rings. The zero-order chi connectivity index (χ0) is 18.0. The minimum absolute atomic E-state index is 0.0105. The van der Waals surface area contributed by atoms with Crippen LogP contribution in [0.4, 0.5) is 16.2 Å². The number of amides is 3. The highest BCUT2D eigenvalue weighted by atomic mass is 35.5. The van der Waals surface area contributed by atoms with Gasteiger partial charge < -0.3 is 15.5 Å². The first-order valence-electron chi connectivity index (χ1n) is 7.82. The van der Waals surface area contributed by atoms with Crippen molar-refractivity contribution in [1.29, 1.82) is 0 Å². The molecule has 0 aromatic heterocycles. The maximum Gasteiger partial charge on any atom is 0.319 e. The maximum absolute atomic E-state index is 12.2. The van der Waals surface area contributed by atoms with Crippen LogP contribution >= 0.6 is 23.2 Å². The van der Waals surface area contributed by atoms with Crippen molar-refractivity contribution in [3.8, 4) is 0 Å². The fraction of sp³-hybridized carbons (Fsp3) is 0.222. The lowest BCUT2D eigenvalue weighted by Gasteiger charge is -2.17. The van der Waals surface area contributed by atoms with Crippen LogP contribution in [0.3, 0.4) is 0 Å². The van der Waals surface area contributed by atoms with E-state index in [0.717, 1.165) is 11.3 Å². The summed E-state index contributed by atoms with van der Waals surface area (Å²) < 4.78 is 0. The number of nitrogens with zero attached hydrogens (tertiary/aromatic N) is 1. The van der Waals surface area contributed by atoms with Crippen LogP contribution in [0.25, 0.3) is 0 Å². The molecule has 1 saturated heterocycles. The summed E-state index contributed by atoms with van der Waals surface area (Å²) in [5.41, 5.74) is 2.50. The average Bonchev–Trinajstić information content (AvgIpc) is 2.92. The molecule has 0 spiro atoms. The predicted octanol–water partition coefficient (Wildman–Crippen LogP) is 4.23. The van der Waals surface area contributed by atoms with Gasteiger partial charge in [-0.3, -0.25) is 4.79 Å². The molecule has 2 aromatic rings. The quantitative estimate of drug-likeness (QED) is 0.840. The summed E-state index contributed by atoms with van der Waals surface area (Å²) in [6.45, 7) is 2.43. The molecule has 130 valence electrons. The van der Waals surface area contributed by atoms with E-state index in [-0.39, 0.29) is 24.4 Å². The monoisotopic (exact) mass is 377 g/mol. The fourth-order valence-electron chi connectivity index (χ4n) is 2.70. The van der Waals surface area contributed by atoms with Gasteiger partial charge in [-0.05, 0) is 37.3 Å². The van der Waals surface area contributed by atoms with Crippen LogP contribution in [0.5, 0.6) is 0 Å². The predicted molar refractivity (Wildman–Crippen MR) is 101 cm³/mol. The Labute approximate surface area is 155 Å². The first-order valence-corrected chi connectivity index (χ1v) is 8.57. The third kappa shape index (κ3) is 4.24. The van der Waals surface area contributed by atoms with Crippen LogP contribution < -0.4 is 15.5 Å². The van der Waals surface area contributed by atoms with Crippen LogP contribution in [-0.4, -0.2) is 24.5 Å². The summed E-state index contributed by atoms with van der Waals surface area (Å²) in [7, 11) is 0. The summed E-state index contributed by atoms with van der Waals surface area (Å²) in [6, 6.07) is 11.9. The molecule has 7 heteroatoms. The molecule has 2 aromatic carbocycles. The van der Waals surface area contributed by atoms with Crippen molar-refractivity contribution in [2.24, 2.45) is 0 Å². The number of benzene rings is 2. The highest BCUT2D eigenvalue weighted by molar-refractivity contribution is 6.42. The van der Waals surface area contributed by atoms with Crippen LogP contribution in [0, 0.1) is 6.92 Å². The van der Waals surface area contributed by atoms with Gasteiger partial charge in [-0.1, -0.05) is 40.9 Å². The lowest BCUT2D eigenvalue weighted by Crippen LogP contribution is -2.39. The summed E-state index contributed by atoms with van der Waals surface area (Å²) in [4.78, 5) is 26.0. The molecule has 3 rings (SSSR count). The molecule has 1 heterocycles. The molecular formula is C18H17Cl2N3O2. The van der Waals surface area contributed by atoms with E-state index in [4.69, 9.17) is 23.2 Å². The van der Waals surface area contributed by atoms with Crippen molar-refractivity contribution < 1.29 is 9.59 Å². The van der Waals surface area contributed by atoms with E-state index >= 15 is 0 Å². The Kier molecular flexibility index (Phi) is 5.16. The van der Waals surface area contributed by atoms with Gasteiger partial charge in [0.15, 0.2) is 0 Å². The van der Waals surface area contributed by atoms with Gasteiger partial charge in [0.25, 0.3) is 0 Å². The summed E-state index contributed by atoms with van der Waals surface area (Å²) in [6.07, 6.45) is 0.267. The van der Waals surface area contributed by atoms with E-state index in [0.29, 0.717) is 22.3 Å². The first-order chi connectivity index (χ1) is 11.9. The normalized spacial score (nSPS) is 16.8. The zero-order valence-corrected chi connectivity index (χ0v) is 15.1. The minimum atomic E-state index is -0.387. The highest BCUT2D eigenvalue weighted by Gasteiger charge is 2.31. The standard InChI is InChI=1S/C18H17Cl2N3O2/c1-11-2-5-14(6-3-11)23-10-13(9-17(23)24)22-18(25)21-12-4-7-15(19)16(20)8-12/h2-8,13H,9-10H2,1H3,(H2,21,22,25)/t13-/m0/s1. The van der Waals surface area contributed by atoms with E-state index in [1.54, 1.807) is 23.1 Å². The van der Waals surface area contributed by atoms with Gasteiger partial charge >= 0.3 is 6.03 Å². The summed E-state index contributed by atoms with van der Waals surface area (Å²) >= 11 is 11.8. The molecule has 0 bridgehead atoms. The zero-order valence-electron chi connectivity index (χ0n) is 13.6. The van der Waals surface area contributed by atoms with E-state index in [1.807, 2.05) is 31.2 Å². The lowest BCUT2D eigenvalue weighted by molar-refractivity contribution is -0.117. The van der Waals surface area contributed by atoms with Gasteiger partial charge in [0, 0.05) is 24.3 Å². The Hall–Kier alpha value is -2.24. The van der Waals surface area contributed by atoms with E-state index < -0.39 is 0 Å². The largest absolute Gasteiger partial charge is 0.333 e. The number of nitrogens with one attached hydrogen (secondary N) is 2. The molecule has 0 saturated carbocycles. The van der Waals surface area contributed by atoms with Crippen molar-refractivity contribution in [3.05, 3.63) is 58.1 Å². The number of halogens is 2. The molecular weight excluding hydrogens is 361 g/mol. The van der Waals surface area contributed by atoms with Gasteiger partial charge in [0.05, 0.1) is 16.1 Å². The van der Waals surface area contributed by atoms with Crippen LogP contribution in [-0.2, 0) is 4.79 Å². The van der Waals surface area contributed by atoms with Gasteiger partial charge in [-0.25, -0.2) is 4.79 Å². The number of hydrogen-bond donors (Lipinski definition) is 2. The van der Waals surface area contributed by atoms with Crippen molar-refractivity contribution in [1.82, 2.24) is 5.32 Å². The number of hydrogen-bond acceptors (Lipinski definition) is 2. The van der Waals surface area contributed by atoms with E-state index in [1.165, 1.54) is 0 Å². The molecule has 2 N–H and O–H groups in total. The number of carbonyl (C=O) groups is 2. The third-order valence-corrected chi connectivity index (χ3v) is 4.72. The SMILES string of the molecule is Cc1ccc(N2C[C@@H](NC(=O)Nc3ccc(Cl)c(Cl)c3)CC2=O)cc1. The van der Waals surface area contributed by atoms with Crippen molar-refractivity contribution >= 4 is 46.5 Å². The topological polar surface area (TPSA) is 61.4 Å². The van der Waals surface area contributed by atoms with Crippen LogP contribution in [0.2, 0.25) is 10.0 Å². The van der Waals surface area contributed by atoms with Gasteiger partial charge in [-0.15, -0.1) is 0 Å². The van der Waals surface area contributed by atoms with Gasteiger partial charge in [0.1, 0.15) is 0 Å². The summed E-state index contributed by atoms with van der Waals surface area (Å²) in [5, 5.41) is 6.29. The Bertz CT molecular complexity index is 808. The van der Waals surface area contributed by atoms with Crippen molar-refractivity contribution in [2.75, 3.05) is 16.8 Å².